The molecule has 4 nitrogen and oxygen atoms in total. The predicted octanol–water partition coefficient (Wildman–Crippen LogP) is 2.04. The standard InChI is InChI=1S/C12H21N3OS/c1-9-14-11(15-16-9)4-6-13-10-8-17-7-5-12(10,2)3/h10,13H,4-8H2,1-3H3. The fourth-order valence-corrected chi connectivity index (χ4v) is 3.71. The second kappa shape index (κ2) is 5.40. The zero-order valence-corrected chi connectivity index (χ0v) is 11.6. The Hall–Kier alpha value is -0.550. The topological polar surface area (TPSA) is 51.0 Å². The van der Waals surface area contributed by atoms with Crippen LogP contribution in [0.25, 0.3) is 0 Å². The third-order valence-corrected chi connectivity index (χ3v) is 4.49. The van der Waals surface area contributed by atoms with E-state index in [1.165, 1.54) is 17.9 Å². The highest BCUT2D eigenvalue weighted by Crippen LogP contribution is 2.33. The lowest BCUT2D eigenvalue weighted by Crippen LogP contribution is -2.47. The summed E-state index contributed by atoms with van der Waals surface area (Å²) in [6, 6.07) is 0.592. The summed E-state index contributed by atoms with van der Waals surface area (Å²) in [6.07, 6.45) is 2.13. The van der Waals surface area contributed by atoms with E-state index >= 15 is 0 Å². The van der Waals surface area contributed by atoms with E-state index in [0.29, 0.717) is 17.3 Å². The number of hydrogen-bond acceptors (Lipinski definition) is 5. The molecule has 1 saturated heterocycles. The minimum absolute atomic E-state index is 0.401. The van der Waals surface area contributed by atoms with Crippen molar-refractivity contribution in [1.29, 1.82) is 0 Å². The first kappa shape index (κ1) is 12.9. The average molecular weight is 255 g/mol. The molecule has 0 amide bonds. The van der Waals surface area contributed by atoms with E-state index in [-0.39, 0.29) is 0 Å². The lowest BCUT2D eigenvalue weighted by Gasteiger charge is -2.38. The van der Waals surface area contributed by atoms with Gasteiger partial charge in [0.15, 0.2) is 5.82 Å². The van der Waals surface area contributed by atoms with E-state index in [4.69, 9.17) is 4.52 Å². The van der Waals surface area contributed by atoms with Gasteiger partial charge in [-0.15, -0.1) is 0 Å². The number of nitrogens with one attached hydrogen (secondary N) is 1. The van der Waals surface area contributed by atoms with Gasteiger partial charge in [0.2, 0.25) is 5.89 Å². The third kappa shape index (κ3) is 3.45. The van der Waals surface area contributed by atoms with Gasteiger partial charge in [0, 0.05) is 31.7 Å². The summed E-state index contributed by atoms with van der Waals surface area (Å²) in [5, 5.41) is 7.53. The SMILES string of the molecule is Cc1nc(CCNC2CSCCC2(C)C)no1. The summed E-state index contributed by atoms with van der Waals surface area (Å²) < 4.78 is 4.95. The Morgan fingerprint density at radius 1 is 1.53 bits per heavy atom. The summed E-state index contributed by atoms with van der Waals surface area (Å²) in [7, 11) is 0. The minimum Gasteiger partial charge on any atom is -0.340 e. The van der Waals surface area contributed by atoms with Crippen LogP contribution in [0.15, 0.2) is 4.52 Å². The second-order valence-electron chi connectivity index (χ2n) is 5.30. The molecule has 1 unspecified atom stereocenters. The van der Waals surface area contributed by atoms with Gasteiger partial charge in [0.25, 0.3) is 0 Å². The van der Waals surface area contributed by atoms with E-state index in [1.54, 1.807) is 0 Å². The van der Waals surface area contributed by atoms with Crippen molar-refractivity contribution >= 4 is 11.8 Å². The van der Waals surface area contributed by atoms with Crippen molar-refractivity contribution in [2.24, 2.45) is 5.41 Å². The fraction of sp³-hybridized carbons (Fsp3) is 0.833. The molecule has 0 bridgehead atoms. The van der Waals surface area contributed by atoms with Crippen LogP contribution in [0, 0.1) is 12.3 Å². The van der Waals surface area contributed by atoms with Crippen molar-refractivity contribution in [3.05, 3.63) is 11.7 Å². The average Bonchev–Trinajstić information content (AvgIpc) is 2.67. The van der Waals surface area contributed by atoms with Gasteiger partial charge in [0.05, 0.1) is 0 Å². The first-order chi connectivity index (χ1) is 8.08. The van der Waals surface area contributed by atoms with Gasteiger partial charge in [0.1, 0.15) is 0 Å². The molecule has 1 aliphatic heterocycles. The van der Waals surface area contributed by atoms with Crippen molar-refractivity contribution in [2.75, 3.05) is 18.1 Å². The molecule has 1 atom stereocenters. The molecule has 5 heteroatoms. The highest BCUT2D eigenvalue weighted by Gasteiger charge is 2.31. The van der Waals surface area contributed by atoms with Crippen molar-refractivity contribution in [3.63, 3.8) is 0 Å². The van der Waals surface area contributed by atoms with Crippen LogP contribution in [0.4, 0.5) is 0 Å². The van der Waals surface area contributed by atoms with E-state index < -0.39 is 0 Å². The van der Waals surface area contributed by atoms with Crippen molar-refractivity contribution in [3.8, 4) is 0 Å². The van der Waals surface area contributed by atoms with Crippen LogP contribution in [0.1, 0.15) is 32.0 Å². The number of aryl methyl sites for hydroxylation is 1. The molecule has 96 valence electrons. The summed E-state index contributed by atoms with van der Waals surface area (Å²) in [5.41, 5.74) is 0.401. The minimum atomic E-state index is 0.401. The Labute approximate surface area is 107 Å². The zero-order valence-electron chi connectivity index (χ0n) is 10.8. The molecule has 0 spiro atoms. The lowest BCUT2D eigenvalue weighted by atomic mass is 9.82. The molecule has 17 heavy (non-hydrogen) atoms. The van der Waals surface area contributed by atoms with Crippen LogP contribution < -0.4 is 5.32 Å². The highest BCUT2D eigenvalue weighted by molar-refractivity contribution is 7.99. The van der Waals surface area contributed by atoms with E-state index in [0.717, 1.165) is 18.8 Å². The fourth-order valence-electron chi connectivity index (χ4n) is 2.07. The molecule has 1 aromatic rings. The summed E-state index contributed by atoms with van der Waals surface area (Å²) >= 11 is 2.04. The Bertz CT molecular complexity index is 364. The maximum absolute atomic E-state index is 4.95. The number of aromatic nitrogens is 2. The molecule has 0 aliphatic carbocycles. The summed E-state index contributed by atoms with van der Waals surface area (Å²) in [5.74, 6) is 3.94. The third-order valence-electron chi connectivity index (χ3n) is 3.43. The van der Waals surface area contributed by atoms with E-state index in [2.05, 4.69) is 29.3 Å². The van der Waals surface area contributed by atoms with Gasteiger partial charge in [-0.3, -0.25) is 0 Å². The molecular weight excluding hydrogens is 234 g/mol. The molecule has 1 aliphatic rings. The van der Waals surface area contributed by atoms with Gasteiger partial charge in [-0.05, 0) is 17.6 Å². The van der Waals surface area contributed by atoms with Crippen molar-refractivity contribution in [2.45, 2.75) is 39.7 Å². The summed E-state index contributed by atoms with van der Waals surface area (Å²) in [4.78, 5) is 4.21. The molecule has 1 N–H and O–H groups in total. The van der Waals surface area contributed by atoms with Crippen molar-refractivity contribution in [1.82, 2.24) is 15.5 Å². The first-order valence-corrected chi connectivity index (χ1v) is 7.34. The number of nitrogens with zero attached hydrogens (tertiary/aromatic N) is 2. The van der Waals surface area contributed by atoms with Gasteiger partial charge < -0.3 is 9.84 Å². The maximum Gasteiger partial charge on any atom is 0.223 e. The van der Waals surface area contributed by atoms with Crippen LogP contribution in [0.3, 0.4) is 0 Å². The number of thioether (sulfide) groups is 1. The Morgan fingerprint density at radius 3 is 3.00 bits per heavy atom. The first-order valence-electron chi connectivity index (χ1n) is 6.18. The van der Waals surface area contributed by atoms with E-state index in [9.17, 15) is 0 Å². The van der Waals surface area contributed by atoms with Crippen LogP contribution in [-0.2, 0) is 6.42 Å². The Kier molecular flexibility index (Phi) is 4.09. The smallest absolute Gasteiger partial charge is 0.223 e. The van der Waals surface area contributed by atoms with Gasteiger partial charge in [-0.2, -0.15) is 16.7 Å². The lowest BCUT2D eigenvalue weighted by molar-refractivity contribution is 0.247. The molecule has 0 aromatic carbocycles. The van der Waals surface area contributed by atoms with Crippen LogP contribution in [0.2, 0.25) is 0 Å². The van der Waals surface area contributed by atoms with E-state index in [1.807, 2.05) is 18.7 Å². The molecule has 2 heterocycles. The second-order valence-corrected chi connectivity index (χ2v) is 6.45. The zero-order chi connectivity index (χ0) is 12.3. The van der Waals surface area contributed by atoms with Crippen LogP contribution >= 0.6 is 11.8 Å². The molecular formula is C12H21N3OS. The largest absolute Gasteiger partial charge is 0.340 e. The monoisotopic (exact) mass is 255 g/mol. The van der Waals surface area contributed by atoms with Crippen LogP contribution in [-0.4, -0.2) is 34.2 Å². The molecule has 1 aromatic heterocycles. The molecule has 2 rings (SSSR count). The normalized spacial score (nSPS) is 23.8. The molecule has 1 fully saturated rings. The number of hydrogen-bond donors (Lipinski definition) is 1. The maximum atomic E-state index is 4.95. The predicted molar refractivity (Wildman–Crippen MR) is 70.3 cm³/mol. The molecule has 0 radical (unpaired) electrons. The quantitative estimate of drug-likeness (QED) is 0.892. The Balaban J connectivity index is 1.77. The van der Waals surface area contributed by atoms with Gasteiger partial charge >= 0.3 is 0 Å². The molecule has 0 saturated carbocycles. The number of rotatable bonds is 4. The highest BCUT2D eigenvalue weighted by atomic mass is 32.2. The van der Waals surface area contributed by atoms with Gasteiger partial charge in [-0.25, -0.2) is 0 Å². The van der Waals surface area contributed by atoms with Crippen LogP contribution in [0.5, 0.6) is 0 Å². The van der Waals surface area contributed by atoms with Crippen molar-refractivity contribution < 1.29 is 4.52 Å². The Morgan fingerprint density at radius 2 is 2.35 bits per heavy atom. The summed E-state index contributed by atoms with van der Waals surface area (Å²) in [6.45, 7) is 7.45. The van der Waals surface area contributed by atoms with Gasteiger partial charge in [-0.1, -0.05) is 19.0 Å².